The fourth-order valence-corrected chi connectivity index (χ4v) is 2.57. The second-order valence-corrected chi connectivity index (χ2v) is 6.05. The molecule has 2 rings (SSSR count). The van der Waals surface area contributed by atoms with Crippen LogP contribution >= 0.6 is 0 Å². The first-order chi connectivity index (χ1) is 12.0. The smallest absolute Gasteiger partial charge is 0.226 e. The minimum atomic E-state index is -0.353. The van der Waals surface area contributed by atoms with E-state index < -0.39 is 0 Å². The molecule has 2 amide bonds. The Morgan fingerprint density at radius 1 is 0.960 bits per heavy atom. The highest BCUT2D eigenvalue weighted by Gasteiger charge is 2.14. The zero-order chi connectivity index (χ0) is 18.2. The summed E-state index contributed by atoms with van der Waals surface area (Å²) in [5.74, 6) is -0.184. The molecule has 0 spiro atoms. The fraction of sp³-hybridized carbons (Fsp3) is 0.300. The number of rotatable bonds is 7. The lowest BCUT2D eigenvalue weighted by atomic mass is 10.0. The quantitative estimate of drug-likeness (QED) is 0.718. The second kappa shape index (κ2) is 8.99. The van der Waals surface area contributed by atoms with Crippen LogP contribution < -0.4 is 16.4 Å². The number of nitrogens with two attached hydrogens (primary N) is 1. The highest BCUT2D eigenvalue weighted by molar-refractivity contribution is 5.96. The summed E-state index contributed by atoms with van der Waals surface area (Å²) in [5, 5.41) is 5.76. The van der Waals surface area contributed by atoms with Gasteiger partial charge in [-0.1, -0.05) is 43.3 Å². The van der Waals surface area contributed by atoms with Crippen molar-refractivity contribution in [2.45, 2.75) is 39.2 Å². The number of carbonyl (C=O) groups is 2. The summed E-state index contributed by atoms with van der Waals surface area (Å²) in [4.78, 5) is 24.1. The molecule has 2 aromatic rings. The number of amides is 2. The van der Waals surface area contributed by atoms with Crippen molar-refractivity contribution in [1.29, 1.82) is 0 Å². The van der Waals surface area contributed by atoms with E-state index in [2.05, 4.69) is 10.6 Å². The Labute approximate surface area is 148 Å². The molecule has 4 N–H and O–H groups in total. The van der Waals surface area contributed by atoms with Crippen molar-refractivity contribution in [1.82, 2.24) is 0 Å². The number of nitrogens with one attached hydrogen (secondary N) is 2. The molecule has 0 fully saturated rings. The van der Waals surface area contributed by atoms with Gasteiger partial charge in [-0.15, -0.1) is 0 Å². The molecule has 1 atom stereocenters. The van der Waals surface area contributed by atoms with Gasteiger partial charge in [0.25, 0.3) is 0 Å². The van der Waals surface area contributed by atoms with Crippen LogP contribution in [0.25, 0.3) is 0 Å². The molecule has 1 unspecified atom stereocenters. The molecule has 0 aliphatic heterocycles. The normalized spacial score (nSPS) is 11.6. The van der Waals surface area contributed by atoms with Crippen LogP contribution in [0.4, 0.5) is 11.4 Å². The van der Waals surface area contributed by atoms with Gasteiger partial charge in [-0.3, -0.25) is 9.59 Å². The highest BCUT2D eigenvalue weighted by Crippen LogP contribution is 2.24. The summed E-state index contributed by atoms with van der Waals surface area (Å²) in [5.41, 5.74) is 9.24. The van der Waals surface area contributed by atoms with Crippen molar-refractivity contribution in [2.75, 3.05) is 10.6 Å². The van der Waals surface area contributed by atoms with E-state index in [1.54, 1.807) is 6.07 Å². The van der Waals surface area contributed by atoms with Gasteiger partial charge in [0.05, 0.1) is 0 Å². The maximum Gasteiger partial charge on any atom is 0.226 e. The van der Waals surface area contributed by atoms with Crippen molar-refractivity contribution >= 4 is 23.2 Å². The van der Waals surface area contributed by atoms with E-state index >= 15 is 0 Å². The fourth-order valence-electron chi connectivity index (χ4n) is 2.57. The monoisotopic (exact) mass is 339 g/mol. The van der Waals surface area contributed by atoms with E-state index in [1.165, 1.54) is 0 Å². The molecular formula is C20H25N3O2. The Morgan fingerprint density at radius 2 is 1.56 bits per heavy atom. The Kier molecular flexibility index (Phi) is 6.71. The third kappa shape index (κ3) is 5.43. The van der Waals surface area contributed by atoms with E-state index in [4.69, 9.17) is 5.73 Å². The standard InChI is InChI=1S/C20H25N3O2/c1-3-8-19(24)22-17-11-7-12-18(14(17)2)23-20(25)13-16(21)15-9-5-4-6-10-15/h4-7,9-12,16H,3,8,13,21H2,1-2H3,(H,22,24)(H,23,25). The van der Waals surface area contributed by atoms with E-state index in [1.807, 2.05) is 56.3 Å². The van der Waals surface area contributed by atoms with Crippen LogP contribution in [0, 0.1) is 6.92 Å². The van der Waals surface area contributed by atoms with Crippen LogP contribution in [0.2, 0.25) is 0 Å². The number of benzene rings is 2. The Hall–Kier alpha value is -2.66. The lowest BCUT2D eigenvalue weighted by Gasteiger charge is -2.15. The predicted octanol–water partition coefficient (Wildman–Crippen LogP) is 3.76. The summed E-state index contributed by atoms with van der Waals surface area (Å²) < 4.78 is 0. The van der Waals surface area contributed by atoms with E-state index in [9.17, 15) is 9.59 Å². The van der Waals surface area contributed by atoms with Gasteiger partial charge in [-0.05, 0) is 36.6 Å². The molecular weight excluding hydrogens is 314 g/mol. The zero-order valence-corrected chi connectivity index (χ0v) is 14.7. The van der Waals surface area contributed by atoms with Crippen LogP contribution in [0.3, 0.4) is 0 Å². The molecule has 0 aromatic heterocycles. The molecule has 0 saturated carbocycles. The molecule has 0 radical (unpaired) electrons. The third-order valence-electron chi connectivity index (χ3n) is 3.99. The summed E-state index contributed by atoms with van der Waals surface area (Å²) in [6.45, 7) is 3.83. The van der Waals surface area contributed by atoms with Crippen LogP contribution in [0.15, 0.2) is 48.5 Å². The Balaban J connectivity index is 2.02. The van der Waals surface area contributed by atoms with Gasteiger partial charge < -0.3 is 16.4 Å². The van der Waals surface area contributed by atoms with Gasteiger partial charge in [-0.2, -0.15) is 0 Å². The van der Waals surface area contributed by atoms with Crippen LogP contribution in [0.1, 0.15) is 43.4 Å². The van der Waals surface area contributed by atoms with E-state index in [-0.39, 0.29) is 24.3 Å². The predicted molar refractivity (Wildman–Crippen MR) is 101 cm³/mol. The Morgan fingerprint density at radius 3 is 2.16 bits per heavy atom. The van der Waals surface area contributed by atoms with Crippen molar-refractivity contribution in [2.24, 2.45) is 5.73 Å². The molecule has 25 heavy (non-hydrogen) atoms. The van der Waals surface area contributed by atoms with Crippen molar-refractivity contribution in [3.63, 3.8) is 0 Å². The summed E-state index contributed by atoms with van der Waals surface area (Å²) >= 11 is 0. The summed E-state index contributed by atoms with van der Waals surface area (Å²) in [7, 11) is 0. The molecule has 0 saturated heterocycles. The topological polar surface area (TPSA) is 84.2 Å². The van der Waals surface area contributed by atoms with Gasteiger partial charge >= 0.3 is 0 Å². The minimum Gasteiger partial charge on any atom is -0.326 e. The van der Waals surface area contributed by atoms with Gasteiger partial charge in [0.1, 0.15) is 0 Å². The average Bonchev–Trinajstić information content (AvgIpc) is 2.59. The molecule has 0 aliphatic rings. The minimum absolute atomic E-state index is 0.0276. The molecule has 2 aromatic carbocycles. The maximum atomic E-state index is 12.3. The first kappa shape index (κ1) is 18.7. The number of hydrogen-bond acceptors (Lipinski definition) is 3. The van der Waals surface area contributed by atoms with Crippen LogP contribution in [0.5, 0.6) is 0 Å². The van der Waals surface area contributed by atoms with Gasteiger partial charge in [0.15, 0.2) is 0 Å². The highest BCUT2D eigenvalue weighted by atomic mass is 16.2. The molecule has 5 nitrogen and oxygen atoms in total. The van der Waals surface area contributed by atoms with Crippen molar-refractivity contribution in [3.05, 3.63) is 59.7 Å². The Bertz CT molecular complexity index is 729. The SMILES string of the molecule is CCCC(=O)Nc1cccc(NC(=O)CC(N)c2ccccc2)c1C. The van der Waals surface area contributed by atoms with E-state index in [0.29, 0.717) is 17.8 Å². The number of hydrogen-bond donors (Lipinski definition) is 3. The molecule has 132 valence electrons. The first-order valence-corrected chi connectivity index (χ1v) is 8.51. The van der Waals surface area contributed by atoms with Gasteiger partial charge in [0.2, 0.25) is 11.8 Å². The average molecular weight is 339 g/mol. The van der Waals surface area contributed by atoms with Gasteiger partial charge in [0, 0.05) is 30.3 Å². The molecule has 0 heterocycles. The molecule has 5 heteroatoms. The van der Waals surface area contributed by atoms with E-state index in [0.717, 1.165) is 17.5 Å². The van der Waals surface area contributed by atoms with Gasteiger partial charge in [-0.25, -0.2) is 0 Å². The summed E-state index contributed by atoms with van der Waals surface area (Å²) in [6, 6.07) is 14.6. The van der Waals surface area contributed by atoms with Crippen molar-refractivity contribution < 1.29 is 9.59 Å². The second-order valence-electron chi connectivity index (χ2n) is 6.05. The largest absolute Gasteiger partial charge is 0.326 e. The number of anilines is 2. The third-order valence-corrected chi connectivity index (χ3v) is 3.99. The lowest BCUT2D eigenvalue weighted by molar-refractivity contribution is -0.117. The van der Waals surface area contributed by atoms with Crippen molar-refractivity contribution in [3.8, 4) is 0 Å². The van der Waals surface area contributed by atoms with Crippen LogP contribution in [-0.2, 0) is 9.59 Å². The lowest BCUT2D eigenvalue weighted by Crippen LogP contribution is -2.21. The number of carbonyl (C=O) groups excluding carboxylic acids is 2. The molecule has 0 aliphatic carbocycles. The maximum absolute atomic E-state index is 12.3. The first-order valence-electron chi connectivity index (χ1n) is 8.51. The zero-order valence-electron chi connectivity index (χ0n) is 14.7. The molecule has 0 bridgehead atoms. The van der Waals surface area contributed by atoms with Crippen LogP contribution in [-0.4, -0.2) is 11.8 Å². The summed E-state index contributed by atoms with van der Waals surface area (Å²) in [6.07, 6.45) is 1.45.